The highest BCUT2D eigenvalue weighted by Gasteiger charge is 2.35. The summed E-state index contributed by atoms with van der Waals surface area (Å²) in [6, 6.07) is 11.7. The van der Waals surface area contributed by atoms with E-state index >= 15 is 0 Å². The summed E-state index contributed by atoms with van der Waals surface area (Å²) >= 11 is 0. The van der Waals surface area contributed by atoms with Crippen molar-refractivity contribution in [2.75, 3.05) is 10.6 Å². The number of carbonyl (C=O) groups is 2. The second-order valence-corrected chi connectivity index (χ2v) is 7.93. The number of hydrogen-bond acceptors (Lipinski definition) is 4. The van der Waals surface area contributed by atoms with Crippen LogP contribution in [0.15, 0.2) is 54.6 Å². The maximum absolute atomic E-state index is 13.8. The molecular formula is C22H20F4N4O3. The Bertz CT molecular complexity index is 1170. The number of nitrogens with zero attached hydrogens (tertiary/aromatic N) is 2. The fourth-order valence-electron chi connectivity index (χ4n) is 2.74. The SMILES string of the molecule is CC(C)(C)OC(=O)Nc1cc(C(F)(F)F)nn1-c1ccc(NC(=O)c2ccccc2F)cc1. The molecule has 1 aromatic heterocycles. The molecule has 1 heterocycles. The molecule has 2 N–H and O–H groups in total. The van der Waals surface area contributed by atoms with Crippen molar-refractivity contribution in [2.45, 2.75) is 32.5 Å². The number of rotatable bonds is 4. The van der Waals surface area contributed by atoms with Gasteiger partial charge in [0.15, 0.2) is 5.69 Å². The number of amides is 2. The minimum atomic E-state index is -4.75. The Morgan fingerprint density at radius 1 is 0.970 bits per heavy atom. The molecule has 3 aromatic rings. The van der Waals surface area contributed by atoms with Gasteiger partial charge in [-0.25, -0.2) is 13.9 Å². The standard InChI is InChI=1S/C22H20F4N4O3/c1-21(2,3)33-20(32)28-18-12-17(22(24,25)26)29-30(18)14-10-8-13(9-11-14)27-19(31)15-6-4-5-7-16(15)23/h4-12H,1-3H3,(H,27,31)(H,28,32). The van der Waals surface area contributed by atoms with Crippen LogP contribution in [-0.2, 0) is 10.9 Å². The Morgan fingerprint density at radius 3 is 2.18 bits per heavy atom. The smallest absolute Gasteiger partial charge is 0.435 e. The van der Waals surface area contributed by atoms with Crippen LogP contribution >= 0.6 is 0 Å². The summed E-state index contributed by atoms with van der Waals surface area (Å²) in [7, 11) is 0. The van der Waals surface area contributed by atoms with E-state index in [1.165, 1.54) is 42.5 Å². The number of benzene rings is 2. The van der Waals surface area contributed by atoms with Gasteiger partial charge in [-0.3, -0.25) is 10.1 Å². The summed E-state index contributed by atoms with van der Waals surface area (Å²) in [5, 5.41) is 8.30. The highest BCUT2D eigenvalue weighted by atomic mass is 19.4. The molecule has 0 aliphatic rings. The average Bonchev–Trinajstić information content (AvgIpc) is 3.11. The fraction of sp³-hybridized carbons (Fsp3) is 0.227. The lowest BCUT2D eigenvalue weighted by Gasteiger charge is -2.19. The van der Waals surface area contributed by atoms with Crippen LogP contribution < -0.4 is 10.6 Å². The van der Waals surface area contributed by atoms with Gasteiger partial charge in [0.25, 0.3) is 5.91 Å². The molecule has 0 aliphatic carbocycles. The third kappa shape index (κ3) is 6.09. The van der Waals surface area contributed by atoms with Gasteiger partial charge in [-0.2, -0.15) is 18.3 Å². The second-order valence-electron chi connectivity index (χ2n) is 7.93. The molecule has 3 rings (SSSR count). The summed E-state index contributed by atoms with van der Waals surface area (Å²) in [6.45, 7) is 4.83. The van der Waals surface area contributed by atoms with Crippen molar-refractivity contribution in [3.05, 3.63) is 71.7 Å². The Hall–Kier alpha value is -3.89. The quantitative estimate of drug-likeness (QED) is 0.490. The van der Waals surface area contributed by atoms with Crippen molar-refractivity contribution in [2.24, 2.45) is 0 Å². The normalized spacial score (nSPS) is 11.7. The van der Waals surface area contributed by atoms with Crippen LogP contribution in [0.3, 0.4) is 0 Å². The first-order chi connectivity index (χ1) is 15.3. The van der Waals surface area contributed by atoms with Crippen LogP contribution in [0.1, 0.15) is 36.8 Å². The first kappa shape index (κ1) is 23.8. The third-order valence-corrected chi connectivity index (χ3v) is 4.12. The number of ether oxygens (including phenoxy) is 1. The van der Waals surface area contributed by atoms with Crippen LogP contribution in [0.5, 0.6) is 0 Å². The van der Waals surface area contributed by atoms with Crippen molar-refractivity contribution in [3.63, 3.8) is 0 Å². The molecule has 0 bridgehead atoms. The molecular weight excluding hydrogens is 444 g/mol. The van der Waals surface area contributed by atoms with E-state index in [4.69, 9.17) is 4.74 Å². The first-order valence-corrected chi connectivity index (χ1v) is 9.67. The van der Waals surface area contributed by atoms with Gasteiger partial charge in [0, 0.05) is 11.8 Å². The van der Waals surface area contributed by atoms with E-state index in [9.17, 15) is 27.2 Å². The van der Waals surface area contributed by atoms with Crippen molar-refractivity contribution in [1.29, 1.82) is 0 Å². The minimum absolute atomic E-state index is 0.160. The van der Waals surface area contributed by atoms with Crippen molar-refractivity contribution in [3.8, 4) is 5.69 Å². The Kier molecular flexibility index (Phi) is 6.43. The zero-order chi connectivity index (χ0) is 24.4. The molecule has 174 valence electrons. The van der Waals surface area contributed by atoms with Crippen LogP contribution in [-0.4, -0.2) is 27.4 Å². The summed E-state index contributed by atoms with van der Waals surface area (Å²) in [5.74, 6) is -1.65. The monoisotopic (exact) mass is 464 g/mol. The molecule has 0 saturated carbocycles. The van der Waals surface area contributed by atoms with Crippen LogP contribution in [0.4, 0.5) is 33.9 Å². The van der Waals surface area contributed by atoms with Crippen LogP contribution in [0.25, 0.3) is 5.69 Å². The van der Waals surface area contributed by atoms with E-state index in [0.717, 1.165) is 10.7 Å². The number of carbonyl (C=O) groups excluding carboxylic acids is 2. The second kappa shape index (κ2) is 8.93. The zero-order valence-electron chi connectivity index (χ0n) is 17.8. The molecule has 0 spiro atoms. The Labute approximate surface area is 186 Å². The lowest BCUT2D eigenvalue weighted by atomic mass is 10.2. The maximum atomic E-state index is 13.8. The van der Waals surface area contributed by atoms with Crippen molar-refractivity contribution < 1.29 is 31.9 Å². The van der Waals surface area contributed by atoms with Gasteiger partial charge in [-0.1, -0.05) is 12.1 Å². The number of hydrogen-bond donors (Lipinski definition) is 2. The molecule has 2 amide bonds. The summed E-state index contributed by atoms with van der Waals surface area (Å²) < 4.78 is 59.4. The van der Waals surface area contributed by atoms with Gasteiger partial charge in [0.2, 0.25) is 0 Å². The molecule has 2 aromatic carbocycles. The minimum Gasteiger partial charge on any atom is -0.444 e. The molecule has 7 nitrogen and oxygen atoms in total. The molecule has 11 heteroatoms. The van der Waals surface area contributed by atoms with Gasteiger partial charge < -0.3 is 10.1 Å². The summed E-state index contributed by atoms with van der Waals surface area (Å²) in [4.78, 5) is 24.3. The van der Waals surface area contributed by atoms with Gasteiger partial charge in [0.05, 0.1) is 11.3 Å². The number of alkyl halides is 3. The van der Waals surface area contributed by atoms with E-state index in [1.54, 1.807) is 20.8 Å². The molecule has 33 heavy (non-hydrogen) atoms. The largest absolute Gasteiger partial charge is 0.444 e. The average molecular weight is 464 g/mol. The number of aromatic nitrogens is 2. The topological polar surface area (TPSA) is 85.2 Å². The predicted molar refractivity (Wildman–Crippen MR) is 113 cm³/mol. The molecule has 0 atom stereocenters. The number of anilines is 2. The number of nitrogens with one attached hydrogen (secondary N) is 2. The fourth-order valence-corrected chi connectivity index (χ4v) is 2.74. The van der Waals surface area contributed by atoms with Gasteiger partial charge in [0.1, 0.15) is 17.2 Å². The van der Waals surface area contributed by atoms with E-state index in [2.05, 4.69) is 15.7 Å². The van der Waals surface area contributed by atoms with Gasteiger partial charge in [-0.15, -0.1) is 0 Å². The third-order valence-electron chi connectivity index (χ3n) is 4.12. The zero-order valence-corrected chi connectivity index (χ0v) is 17.8. The summed E-state index contributed by atoms with van der Waals surface area (Å²) in [6.07, 6.45) is -5.70. The molecule has 0 saturated heterocycles. The molecule has 0 radical (unpaired) electrons. The maximum Gasteiger partial charge on any atom is 0.435 e. The highest BCUT2D eigenvalue weighted by Crippen LogP contribution is 2.31. The van der Waals surface area contributed by atoms with Crippen LogP contribution in [0.2, 0.25) is 0 Å². The first-order valence-electron chi connectivity index (χ1n) is 9.67. The van der Waals surface area contributed by atoms with E-state index in [0.29, 0.717) is 6.07 Å². The van der Waals surface area contributed by atoms with Gasteiger partial charge >= 0.3 is 12.3 Å². The van der Waals surface area contributed by atoms with Crippen molar-refractivity contribution >= 4 is 23.5 Å². The summed E-state index contributed by atoms with van der Waals surface area (Å²) in [5.41, 5.74) is -1.80. The highest BCUT2D eigenvalue weighted by molar-refractivity contribution is 6.04. The van der Waals surface area contributed by atoms with Gasteiger partial charge in [-0.05, 0) is 57.2 Å². The van der Waals surface area contributed by atoms with E-state index in [-0.39, 0.29) is 22.8 Å². The molecule has 0 unspecified atom stereocenters. The Morgan fingerprint density at radius 2 is 1.61 bits per heavy atom. The van der Waals surface area contributed by atoms with E-state index < -0.39 is 35.3 Å². The number of halogens is 4. The van der Waals surface area contributed by atoms with E-state index in [1.807, 2.05) is 0 Å². The molecule has 0 fully saturated rings. The molecule has 0 aliphatic heterocycles. The van der Waals surface area contributed by atoms with Crippen LogP contribution in [0, 0.1) is 5.82 Å². The Balaban J connectivity index is 1.86. The van der Waals surface area contributed by atoms with Crippen molar-refractivity contribution in [1.82, 2.24) is 9.78 Å². The lowest BCUT2D eigenvalue weighted by molar-refractivity contribution is -0.141. The lowest BCUT2D eigenvalue weighted by Crippen LogP contribution is -2.27. The predicted octanol–water partition coefficient (Wildman–Crippen LogP) is 5.63.